The van der Waals surface area contributed by atoms with E-state index in [0.29, 0.717) is 6.04 Å². The summed E-state index contributed by atoms with van der Waals surface area (Å²) in [6, 6.07) is 5.25. The van der Waals surface area contributed by atoms with Crippen LogP contribution in [0.1, 0.15) is 36.9 Å². The van der Waals surface area contributed by atoms with Crippen LogP contribution in [0.2, 0.25) is 0 Å². The fourth-order valence-electron chi connectivity index (χ4n) is 2.53. The highest BCUT2D eigenvalue weighted by Gasteiger charge is 2.20. The Morgan fingerprint density at radius 2 is 2.17 bits per heavy atom. The minimum atomic E-state index is 0.651. The molecule has 1 fully saturated rings. The molecule has 1 unspecified atom stereocenters. The molecular weight excluding hydrogens is 240 g/mol. The second-order valence-corrected chi connectivity index (χ2v) is 6.87. The van der Waals surface area contributed by atoms with E-state index in [1.54, 1.807) is 0 Å². The first kappa shape index (κ1) is 14.0. The van der Waals surface area contributed by atoms with Gasteiger partial charge in [-0.1, -0.05) is 20.8 Å². The molecule has 102 valence electrons. The molecule has 0 aromatic carbocycles. The van der Waals surface area contributed by atoms with E-state index in [-0.39, 0.29) is 0 Å². The third-order valence-corrected chi connectivity index (χ3v) is 4.98. The lowest BCUT2D eigenvalue weighted by molar-refractivity contribution is 0.240. The molecule has 1 N–H and O–H groups in total. The van der Waals surface area contributed by atoms with Gasteiger partial charge in [-0.2, -0.15) is 0 Å². The van der Waals surface area contributed by atoms with Crippen molar-refractivity contribution in [3.8, 4) is 0 Å². The van der Waals surface area contributed by atoms with Crippen LogP contribution in [0.4, 0.5) is 0 Å². The number of nitrogens with one attached hydrogen (secondary N) is 1. The van der Waals surface area contributed by atoms with Crippen molar-refractivity contribution in [3.63, 3.8) is 0 Å². The Morgan fingerprint density at radius 1 is 1.39 bits per heavy atom. The van der Waals surface area contributed by atoms with Crippen LogP contribution in [0.5, 0.6) is 0 Å². The summed E-state index contributed by atoms with van der Waals surface area (Å²) in [5.41, 5.74) is 0. The molecule has 1 aromatic rings. The van der Waals surface area contributed by atoms with Gasteiger partial charge >= 0.3 is 0 Å². The van der Waals surface area contributed by atoms with Gasteiger partial charge in [-0.25, -0.2) is 0 Å². The van der Waals surface area contributed by atoms with Crippen molar-refractivity contribution in [1.82, 2.24) is 10.2 Å². The lowest BCUT2D eigenvalue weighted by Gasteiger charge is -2.26. The van der Waals surface area contributed by atoms with Gasteiger partial charge in [0.05, 0.1) is 0 Å². The van der Waals surface area contributed by atoms with Crippen LogP contribution >= 0.6 is 11.3 Å². The molecule has 0 amide bonds. The third-order valence-electron chi connectivity index (χ3n) is 3.76. The monoisotopic (exact) mass is 266 g/mol. The molecule has 1 atom stereocenters. The van der Waals surface area contributed by atoms with E-state index < -0.39 is 0 Å². The van der Waals surface area contributed by atoms with Gasteiger partial charge in [0.2, 0.25) is 0 Å². The van der Waals surface area contributed by atoms with Crippen LogP contribution in [0.15, 0.2) is 12.1 Å². The van der Waals surface area contributed by atoms with E-state index in [0.717, 1.165) is 12.5 Å². The van der Waals surface area contributed by atoms with Crippen LogP contribution in [-0.4, -0.2) is 30.6 Å². The molecule has 3 heteroatoms. The molecule has 2 heterocycles. The molecule has 0 bridgehead atoms. The van der Waals surface area contributed by atoms with Gasteiger partial charge in [-0.15, -0.1) is 11.3 Å². The Labute approximate surface area is 115 Å². The Hall–Kier alpha value is -0.380. The zero-order chi connectivity index (χ0) is 13.0. The van der Waals surface area contributed by atoms with E-state index in [1.807, 2.05) is 11.3 Å². The normalized spacial score (nSPS) is 22.3. The number of hydrogen-bond donors (Lipinski definition) is 1. The smallest absolute Gasteiger partial charge is 0.0328 e. The summed E-state index contributed by atoms with van der Waals surface area (Å²) < 4.78 is 0. The molecule has 1 aliphatic rings. The van der Waals surface area contributed by atoms with E-state index in [1.165, 1.54) is 42.2 Å². The SMILES string of the molecule is CCc1ccc(CN2CCCNC(C(C)C)C2)s1. The van der Waals surface area contributed by atoms with Gasteiger partial charge < -0.3 is 5.32 Å². The highest BCUT2D eigenvalue weighted by molar-refractivity contribution is 7.11. The second-order valence-electron chi connectivity index (χ2n) is 5.61. The number of nitrogens with zero attached hydrogens (tertiary/aromatic N) is 1. The van der Waals surface area contributed by atoms with E-state index in [4.69, 9.17) is 0 Å². The molecular formula is C15H26N2S. The van der Waals surface area contributed by atoms with Gasteiger partial charge in [-0.3, -0.25) is 4.90 Å². The summed E-state index contributed by atoms with van der Waals surface area (Å²) in [6.45, 7) is 11.6. The average molecular weight is 266 g/mol. The predicted octanol–water partition coefficient (Wildman–Crippen LogP) is 3.13. The standard InChI is InChI=1S/C15H26N2S/c1-4-13-6-7-14(18-13)10-17-9-5-8-16-15(11-17)12(2)3/h6-7,12,15-16H,4-5,8-11H2,1-3H3. The van der Waals surface area contributed by atoms with Crippen molar-refractivity contribution in [2.75, 3.05) is 19.6 Å². The first-order chi connectivity index (χ1) is 8.69. The van der Waals surface area contributed by atoms with Crippen molar-refractivity contribution < 1.29 is 0 Å². The van der Waals surface area contributed by atoms with E-state index in [2.05, 4.69) is 43.1 Å². The van der Waals surface area contributed by atoms with Crippen molar-refractivity contribution in [3.05, 3.63) is 21.9 Å². The number of rotatable bonds is 4. The maximum Gasteiger partial charge on any atom is 0.0328 e. The Kier molecular flexibility index (Phi) is 5.22. The molecule has 18 heavy (non-hydrogen) atoms. The third kappa shape index (κ3) is 3.81. The molecule has 0 saturated carbocycles. The maximum atomic E-state index is 3.67. The van der Waals surface area contributed by atoms with Crippen molar-refractivity contribution in [1.29, 1.82) is 0 Å². The van der Waals surface area contributed by atoms with Crippen molar-refractivity contribution in [2.24, 2.45) is 5.92 Å². The van der Waals surface area contributed by atoms with Crippen LogP contribution in [-0.2, 0) is 13.0 Å². The highest BCUT2D eigenvalue weighted by atomic mass is 32.1. The number of thiophene rings is 1. The molecule has 1 aromatic heterocycles. The lowest BCUT2D eigenvalue weighted by Crippen LogP contribution is -2.40. The predicted molar refractivity (Wildman–Crippen MR) is 80.2 cm³/mol. The highest BCUT2D eigenvalue weighted by Crippen LogP contribution is 2.20. The number of aryl methyl sites for hydroxylation is 1. The molecule has 0 spiro atoms. The first-order valence-electron chi connectivity index (χ1n) is 7.22. The van der Waals surface area contributed by atoms with E-state index in [9.17, 15) is 0 Å². The van der Waals surface area contributed by atoms with Gasteiger partial charge in [0, 0.05) is 28.9 Å². The zero-order valence-electron chi connectivity index (χ0n) is 11.9. The quantitative estimate of drug-likeness (QED) is 0.901. The summed E-state index contributed by atoms with van der Waals surface area (Å²) in [5, 5.41) is 3.67. The Morgan fingerprint density at radius 3 is 2.83 bits per heavy atom. The molecule has 2 nitrogen and oxygen atoms in total. The fourth-order valence-corrected chi connectivity index (χ4v) is 3.53. The van der Waals surface area contributed by atoms with Gasteiger partial charge in [-0.05, 0) is 44.0 Å². The fraction of sp³-hybridized carbons (Fsp3) is 0.733. The van der Waals surface area contributed by atoms with Crippen LogP contribution in [0.25, 0.3) is 0 Å². The van der Waals surface area contributed by atoms with Gasteiger partial charge in [0.1, 0.15) is 0 Å². The Balaban J connectivity index is 1.94. The largest absolute Gasteiger partial charge is 0.312 e. The zero-order valence-corrected chi connectivity index (χ0v) is 12.7. The summed E-state index contributed by atoms with van der Waals surface area (Å²) in [4.78, 5) is 5.66. The van der Waals surface area contributed by atoms with Crippen LogP contribution in [0.3, 0.4) is 0 Å². The topological polar surface area (TPSA) is 15.3 Å². The molecule has 0 aliphatic carbocycles. The van der Waals surface area contributed by atoms with Gasteiger partial charge in [0.15, 0.2) is 0 Å². The molecule has 2 rings (SSSR count). The van der Waals surface area contributed by atoms with Crippen molar-refractivity contribution in [2.45, 2.75) is 46.2 Å². The molecule has 1 saturated heterocycles. The van der Waals surface area contributed by atoms with Crippen molar-refractivity contribution >= 4 is 11.3 Å². The summed E-state index contributed by atoms with van der Waals surface area (Å²) in [6.07, 6.45) is 2.44. The first-order valence-corrected chi connectivity index (χ1v) is 8.04. The average Bonchev–Trinajstić information content (AvgIpc) is 2.66. The van der Waals surface area contributed by atoms with Crippen LogP contribution in [0, 0.1) is 5.92 Å². The van der Waals surface area contributed by atoms with Gasteiger partial charge in [0.25, 0.3) is 0 Å². The molecule has 0 radical (unpaired) electrons. The summed E-state index contributed by atoms with van der Waals surface area (Å²) in [7, 11) is 0. The number of hydrogen-bond acceptors (Lipinski definition) is 3. The van der Waals surface area contributed by atoms with Crippen LogP contribution < -0.4 is 5.32 Å². The lowest BCUT2D eigenvalue weighted by atomic mass is 10.0. The maximum absolute atomic E-state index is 3.67. The molecule has 1 aliphatic heterocycles. The summed E-state index contributed by atoms with van der Waals surface area (Å²) >= 11 is 1.98. The Bertz CT molecular complexity index is 359. The van der Waals surface area contributed by atoms with E-state index >= 15 is 0 Å². The minimum absolute atomic E-state index is 0.651. The second kappa shape index (κ2) is 6.69. The minimum Gasteiger partial charge on any atom is -0.312 e. The summed E-state index contributed by atoms with van der Waals surface area (Å²) in [5.74, 6) is 0.722.